The van der Waals surface area contributed by atoms with Crippen LogP contribution in [0.4, 0.5) is 0 Å². The molecule has 0 saturated carbocycles. The Kier molecular flexibility index (Phi) is 7.93. The Morgan fingerprint density at radius 1 is 1.38 bits per heavy atom. The molecular weight excluding hydrogens is 413 g/mol. The van der Waals surface area contributed by atoms with Crippen LogP contribution < -0.4 is 5.73 Å². The van der Waals surface area contributed by atoms with Crippen molar-refractivity contribution in [2.24, 2.45) is 11.1 Å². The second-order valence-corrected chi connectivity index (χ2v) is 8.49. The molecule has 1 amide bonds. The van der Waals surface area contributed by atoms with E-state index in [4.69, 9.17) is 17.3 Å². The maximum absolute atomic E-state index is 13.0. The number of carbonyl (C=O) groups excluding carboxylic acids is 1. The summed E-state index contributed by atoms with van der Waals surface area (Å²) < 4.78 is 0. The van der Waals surface area contributed by atoms with Crippen molar-refractivity contribution in [3.8, 4) is 10.6 Å². The highest BCUT2D eigenvalue weighted by molar-refractivity contribution is 7.17. The average molecular weight is 437 g/mol. The van der Waals surface area contributed by atoms with E-state index in [0.717, 1.165) is 22.7 Å². The summed E-state index contributed by atoms with van der Waals surface area (Å²) in [7, 11) is 0. The molecule has 26 heavy (non-hydrogen) atoms. The number of halogens is 3. The van der Waals surface area contributed by atoms with Gasteiger partial charge in [0.25, 0.3) is 5.91 Å². The lowest BCUT2D eigenvalue weighted by atomic mass is 9.79. The van der Waals surface area contributed by atoms with Crippen LogP contribution in [0.3, 0.4) is 0 Å². The number of amides is 1. The molecular formula is C18H24Cl3N3OS. The number of nitrogens with zero attached hydrogens (tertiary/aromatic N) is 2. The molecule has 0 bridgehead atoms. The Bertz CT molecular complexity index is 779. The zero-order valence-electron chi connectivity index (χ0n) is 15.0. The number of benzene rings is 1. The molecule has 1 fully saturated rings. The minimum Gasteiger partial charge on any atom is -0.337 e. The summed E-state index contributed by atoms with van der Waals surface area (Å²) in [5, 5.41) is 1.49. The van der Waals surface area contributed by atoms with Gasteiger partial charge in [0.2, 0.25) is 0 Å². The normalized spacial score (nSPS) is 18.7. The van der Waals surface area contributed by atoms with Gasteiger partial charge >= 0.3 is 0 Å². The van der Waals surface area contributed by atoms with Gasteiger partial charge in [-0.3, -0.25) is 4.79 Å². The van der Waals surface area contributed by atoms with Gasteiger partial charge in [0, 0.05) is 29.7 Å². The molecule has 0 radical (unpaired) electrons. The van der Waals surface area contributed by atoms with Gasteiger partial charge in [-0.1, -0.05) is 37.6 Å². The van der Waals surface area contributed by atoms with Gasteiger partial charge in [-0.25, -0.2) is 4.98 Å². The average Bonchev–Trinajstić information content (AvgIpc) is 2.91. The van der Waals surface area contributed by atoms with Crippen molar-refractivity contribution in [3.63, 3.8) is 0 Å². The van der Waals surface area contributed by atoms with Crippen molar-refractivity contribution >= 4 is 53.7 Å². The summed E-state index contributed by atoms with van der Waals surface area (Å²) in [6.45, 7) is 7.50. The Morgan fingerprint density at radius 2 is 2.08 bits per heavy atom. The lowest BCUT2D eigenvalue weighted by Gasteiger charge is -2.42. The van der Waals surface area contributed by atoms with E-state index in [1.54, 1.807) is 0 Å². The van der Waals surface area contributed by atoms with Crippen molar-refractivity contribution in [2.45, 2.75) is 33.2 Å². The third kappa shape index (κ3) is 4.70. The maximum Gasteiger partial charge on any atom is 0.265 e. The Balaban J connectivity index is 0.00000169. The number of aromatic nitrogens is 1. The van der Waals surface area contributed by atoms with Gasteiger partial charge in [0.1, 0.15) is 9.88 Å². The first-order chi connectivity index (χ1) is 11.3. The SMILES string of the molecule is Cc1nc(-c2cccc(Cl)c2)sc1C(=O)N1CCC(N)C(C)(C)C1.Cl.Cl. The first kappa shape index (κ1) is 23.2. The molecule has 1 unspecified atom stereocenters. The second kappa shape index (κ2) is 8.89. The number of thiazole rings is 1. The van der Waals surface area contributed by atoms with E-state index < -0.39 is 0 Å². The lowest BCUT2D eigenvalue weighted by molar-refractivity contribution is 0.0536. The fraction of sp³-hybridized carbons (Fsp3) is 0.444. The number of hydrogen-bond donors (Lipinski definition) is 1. The van der Waals surface area contributed by atoms with Crippen LogP contribution in [0.15, 0.2) is 24.3 Å². The Morgan fingerprint density at radius 3 is 2.69 bits per heavy atom. The molecule has 0 spiro atoms. The van der Waals surface area contributed by atoms with Crippen LogP contribution in [-0.2, 0) is 0 Å². The number of carbonyl (C=O) groups is 1. The summed E-state index contributed by atoms with van der Waals surface area (Å²) in [4.78, 5) is 20.1. The molecule has 1 aromatic carbocycles. The van der Waals surface area contributed by atoms with Gasteiger partial charge in [-0.2, -0.15) is 0 Å². The van der Waals surface area contributed by atoms with Crippen LogP contribution in [0.25, 0.3) is 10.6 Å². The van der Waals surface area contributed by atoms with Crippen LogP contribution in [-0.4, -0.2) is 34.9 Å². The van der Waals surface area contributed by atoms with Crippen LogP contribution in [0.1, 0.15) is 35.6 Å². The number of aryl methyl sites for hydroxylation is 1. The minimum absolute atomic E-state index is 0. The first-order valence-corrected chi connectivity index (χ1v) is 9.25. The molecule has 1 saturated heterocycles. The van der Waals surface area contributed by atoms with Gasteiger partial charge in [0.05, 0.1) is 5.69 Å². The van der Waals surface area contributed by atoms with Gasteiger partial charge in [0.15, 0.2) is 0 Å². The molecule has 144 valence electrons. The quantitative estimate of drug-likeness (QED) is 0.734. The zero-order valence-corrected chi connectivity index (χ0v) is 18.2. The standard InChI is InChI=1S/C18H22ClN3OS.2ClH/c1-11-15(17(23)22-8-7-14(20)18(2,3)10-22)24-16(21-11)12-5-4-6-13(19)9-12;;/h4-6,9,14H,7-8,10,20H2,1-3H3;2*1H. The molecule has 1 atom stereocenters. The Labute approximate surface area is 175 Å². The lowest BCUT2D eigenvalue weighted by Crippen LogP contribution is -2.53. The van der Waals surface area contributed by atoms with E-state index in [1.807, 2.05) is 36.1 Å². The van der Waals surface area contributed by atoms with E-state index >= 15 is 0 Å². The van der Waals surface area contributed by atoms with E-state index in [-0.39, 0.29) is 42.2 Å². The third-order valence-corrected chi connectivity index (χ3v) is 6.09. The van der Waals surface area contributed by atoms with Crippen molar-refractivity contribution < 1.29 is 4.79 Å². The first-order valence-electron chi connectivity index (χ1n) is 8.06. The maximum atomic E-state index is 13.0. The number of hydrogen-bond acceptors (Lipinski definition) is 4. The number of likely N-dealkylation sites (tertiary alicyclic amines) is 1. The highest BCUT2D eigenvalue weighted by atomic mass is 35.5. The minimum atomic E-state index is -0.0672. The molecule has 1 aliphatic heterocycles. The third-order valence-electron chi connectivity index (χ3n) is 4.66. The summed E-state index contributed by atoms with van der Waals surface area (Å²) in [6, 6.07) is 7.69. The predicted octanol–water partition coefficient (Wildman–Crippen LogP) is 4.81. The second-order valence-electron chi connectivity index (χ2n) is 7.05. The molecule has 4 nitrogen and oxygen atoms in total. The van der Waals surface area contributed by atoms with Crippen molar-refractivity contribution in [2.75, 3.05) is 13.1 Å². The number of piperidine rings is 1. The summed E-state index contributed by atoms with van der Waals surface area (Å²) in [6.07, 6.45) is 0.831. The van der Waals surface area contributed by atoms with Gasteiger partial charge in [-0.05, 0) is 30.9 Å². The van der Waals surface area contributed by atoms with E-state index in [0.29, 0.717) is 23.0 Å². The van der Waals surface area contributed by atoms with Gasteiger partial charge in [-0.15, -0.1) is 36.2 Å². The molecule has 3 rings (SSSR count). The van der Waals surface area contributed by atoms with Crippen molar-refractivity contribution in [3.05, 3.63) is 39.9 Å². The largest absolute Gasteiger partial charge is 0.337 e. The van der Waals surface area contributed by atoms with E-state index in [9.17, 15) is 4.79 Å². The van der Waals surface area contributed by atoms with Gasteiger partial charge < -0.3 is 10.6 Å². The van der Waals surface area contributed by atoms with E-state index in [1.165, 1.54) is 11.3 Å². The van der Waals surface area contributed by atoms with Crippen molar-refractivity contribution in [1.82, 2.24) is 9.88 Å². The van der Waals surface area contributed by atoms with E-state index in [2.05, 4.69) is 18.8 Å². The molecule has 1 aliphatic rings. The number of rotatable bonds is 2. The monoisotopic (exact) mass is 435 g/mol. The van der Waals surface area contributed by atoms with Crippen LogP contribution in [0.5, 0.6) is 0 Å². The van der Waals surface area contributed by atoms with Crippen LogP contribution in [0.2, 0.25) is 5.02 Å². The topological polar surface area (TPSA) is 59.2 Å². The van der Waals surface area contributed by atoms with Crippen LogP contribution in [0, 0.1) is 12.3 Å². The van der Waals surface area contributed by atoms with Crippen molar-refractivity contribution in [1.29, 1.82) is 0 Å². The Hall–Kier alpha value is -0.850. The smallest absolute Gasteiger partial charge is 0.265 e. The highest BCUT2D eigenvalue weighted by Crippen LogP contribution is 2.33. The predicted molar refractivity (Wildman–Crippen MR) is 114 cm³/mol. The molecule has 0 aliphatic carbocycles. The zero-order chi connectivity index (χ0) is 17.5. The molecule has 2 aromatic rings. The highest BCUT2D eigenvalue weighted by Gasteiger charge is 2.36. The summed E-state index contributed by atoms with van der Waals surface area (Å²) in [5.74, 6) is 0.0539. The molecule has 1 aromatic heterocycles. The fourth-order valence-electron chi connectivity index (χ4n) is 3.03. The van der Waals surface area contributed by atoms with Crippen LogP contribution >= 0.6 is 47.8 Å². The number of nitrogens with two attached hydrogens (primary N) is 1. The summed E-state index contributed by atoms with van der Waals surface area (Å²) in [5.41, 5.74) is 7.82. The fourth-order valence-corrected chi connectivity index (χ4v) is 4.25. The molecule has 2 heterocycles. The summed E-state index contributed by atoms with van der Waals surface area (Å²) >= 11 is 7.49. The molecule has 2 N–H and O–H groups in total. The molecule has 8 heteroatoms.